The average molecular weight is 356 g/mol. The molecule has 0 aliphatic carbocycles. The largest absolute Gasteiger partial charge is 0.419 e. The van der Waals surface area contributed by atoms with Crippen LogP contribution in [0.1, 0.15) is 24.3 Å². The highest BCUT2D eigenvalue weighted by atomic mass is 35.5. The Bertz CT molecular complexity index is 816. The Balaban J connectivity index is 1.42. The second-order valence-electron chi connectivity index (χ2n) is 5.62. The molecular formula is C19H18ClN3O2. The van der Waals surface area contributed by atoms with Gasteiger partial charge in [0.1, 0.15) is 0 Å². The van der Waals surface area contributed by atoms with E-state index in [-0.39, 0.29) is 12.5 Å². The van der Waals surface area contributed by atoms with Crippen LogP contribution in [0.15, 0.2) is 59.0 Å². The standard InChI is InChI=1S/C19H18ClN3O2/c20-16-11-9-14(10-12-16)5-4-8-17(24)21-13-18-22-23-19(25-18)15-6-2-1-3-7-15/h1-3,6-7,9-12H,4-5,8,13H2,(H,21,24). The molecule has 0 fully saturated rings. The van der Waals surface area contributed by atoms with E-state index in [1.165, 1.54) is 5.56 Å². The number of nitrogens with one attached hydrogen (secondary N) is 1. The van der Waals surface area contributed by atoms with Crippen LogP contribution in [-0.2, 0) is 17.8 Å². The molecule has 1 amide bonds. The number of aromatic nitrogens is 2. The monoisotopic (exact) mass is 355 g/mol. The third-order valence-corrected chi connectivity index (χ3v) is 3.96. The van der Waals surface area contributed by atoms with E-state index < -0.39 is 0 Å². The number of rotatable bonds is 7. The van der Waals surface area contributed by atoms with Gasteiger partial charge in [-0.3, -0.25) is 4.79 Å². The molecule has 1 heterocycles. The van der Waals surface area contributed by atoms with Crippen LogP contribution < -0.4 is 5.32 Å². The molecule has 1 N–H and O–H groups in total. The zero-order chi connectivity index (χ0) is 17.5. The second kappa shape index (κ2) is 8.44. The summed E-state index contributed by atoms with van der Waals surface area (Å²) in [6, 6.07) is 17.2. The van der Waals surface area contributed by atoms with E-state index in [0.29, 0.717) is 18.2 Å². The maximum atomic E-state index is 11.9. The predicted octanol–water partition coefficient (Wildman–Crippen LogP) is 4.03. The summed E-state index contributed by atoms with van der Waals surface area (Å²) in [7, 11) is 0. The van der Waals surface area contributed by atoms with E-state index in [2.05, 4.69) is 15.5 Å². The molecule has 6 heteroatoms. The number of hydrogen-bond donors (Lipinski definition) is 1. The van der Waals surface area contributed by atoms with Crippen molar-refractivity contribution in [3.05, 3.63) is 71.1 Å². The molecule has 0 spiro atoms. The summed E-state index contributed by atoms with van der Waals surface area (Å²) in [6.07, 6.45) is 2.05. The normalized spacial score (nSPS) is 10.6. The molecule has 0 saturated carbocycles. The third-order valence-electron chi connectivity index (χ3n) is 3.71. The van der Waals surface area contributed by atoms with E-state index in [1.807, 2.05) is 54.6 Å². The van der Waals surface area contributed by atoms with Crippen molar-refractivity contribution in [1.82, 2.24) is 15.5 Å². The summed E-state index contributed by atoms with van der Waals surface area (Å²) in [4.78, 5) is 11.9. The van der Waals surface area contributed by atoms with Crippen LogP contribution in [0.5, 0.6) is 0 Å². The molecule has 3 aromatic rings. The minimum Gasteiger partial charge on any atom is -0.419 e. The van der Waals surface area contributed by atoms with Crippen molar-refractivity contribution < 1.29 is 9.21 Å². The van der Waals surface area contributed by atoms with E-state index in [9.17, 15) is 4.79 Å². The number of carbonyl (C=O) groups is 1. The lowest BCUT2D eigenvalue weighted by molar-refractivity contribution is -0.121. The zero-order valence-electron chi connectivity index (χ0n) is 13.6. The van der Waals surface area contributed by atoms with E-state index in [1.54, 1.807) is 0 Å². The smallest absolute Gasteiger partial charge is 0.247 e. The van der Waals surface area contributed by atoms with Gasteiger partial charge in [-0.25, -0.2) is 0 Å². The fraction of sp³-hybridized carbons (Fsp3) is 0.211. The fourth-order valence-electron chi connectivity index (χ4n) is 2.39. The number of aryl methyl sites for hydroxylation is 1. The number of benzene rings is 2. The van der Waals surface area contributed by atoms with Crippen LogP contribution in [-0.4, -0.2) is 16.1 Å². The predicted molar refractivity (Wildman–Crippen MR) is 96.0 cm³/mol. The summed E-state index contributed by atoms with van der Waals surface area (Å²) in [6.45, 7) is 0.236. The molecule has 2 aromatic carbocycles. The van der Waals surface area contributed by atoms with Gasteiger partial charge in [0.2, 0.25) is 17.7 Å². The van der Waals surface area contributed by atoms with Crippen molar-refractivity contribution in [2.45, 2.75) is 25.8 Å². The first-order valence-corrected chi connectivity index (χ1v) is 8.47. The molecule has 25 heavy (non-hydrogen) atoms. The lowest BCUT2D eigenvalue weighted by Crippen LogP contribution is -2.22. The molecule has 0 saturated heterocycles. The van der Waals surface area contributed by atoms with Gasteiger partial charge in [0.15, 0.2) is 0 Å². The Morgan fingerprint density at radius 2 is 1.80 bits per heavy atom. The van der Waals surface area contributed by atoms with Crippen LogP contribution in [0.25, 0.3) is 11.5 Å². The van der Waals surface area contributed by atoms with Gasteiger partial charge in [-0.2, -0.15) is 0 Å². The molecule has 1 aromatic heterocycles. The van der Waals surface area contributed by atoms with E-state index in [4.69, 9.17) is 16.0 Å². The Hall–Kier alpha value is -2.66. The molecule has 5 nitrogen and oxygen atoms in total. The Morgan fingerprint density at radius 3 is 2.56 bits per heavy atom. The maximum Gasteiger partial charge on any atom is 0.247 e. The number of carbonyl (C=O) groups excluding carboxylic acids is 1. The lowest BCUT2D eigenvalue weighted by atomic mass is 10.1. The first-order chi connectivity index (χ1) is 12.2. The maximum absolute atomic E-state index is 11.9. The lowest BCUT2D eigenvalue weighted by Gasteiger charge is -2.03. The average Bonchev–Trinajstić information content (AvgIpc) is 3.11. The van der Waals surface area contributed by atoms with Crippen molar-refractivity contribution in [2.75, 3.05) is 0 Å². The minimum absolute atomic E-state index is 0.0339. The Kier molecular flexibility index (Phi) is 5.80. The second-order valence-corrected chi connectivity index (χ2v) is 6.06. The summed E-state index contributed by atoms with van der Waals surface area (Å²) in [5, 5.41) is 11.5. The van der Waals surface area contributed by atoms with Gasteiger partial charge in [0.05, 0.1) is 6.54 Å². The molecule has 0 bridgehead atoms. The van der Waals surface area contributed by atoms with Crippen molar-refractivity contribution in [3.63, 3.8) is 0 Å². The molecule has 0 aliphatic rings. The molecule has 128 valence electrons. The van der Waals surface area contributed by atoms with Crippen LogP contribution in [0, 0.1) is 0 Å². The third kappa shape index (κ3) is 5.16. The quantitative estimate of drug-likeness (QED) is 0.694. The highest BCUT2D eigenvalue weighted by Crippen LogP contribution is 2.16. The van der Waals surface area contributed by atoms with Gasteiger partial charge >= 0.3 is 0 Å². The van der Waals surface area contributed by atoms with Gasteiger partial charge in [-0.1, -0.05) is 41.9 Å². The molecule has 0 unspecified atom stereocenters. The summed E-state index contributed by atoms with van der Waals surface area (Å²) in [5.41, 5.74) is 2.03. The summed E-state index contributed by atoms with van der Waals surface area (Å²) in [5.74, 6) is 0.811. The van der Waals surface area contributed by atoms with Crippen LogP contribution in [0.3, 0.4) is 0 Å². The van der Waals surface area contributed by atoms with Gasteiger partial charge < -0.3 is 9.73 Å². The molecule has 0 aliphatic heterocycles. The van der Waals surface area contributed by atoms with Crippen LogP contribution >= 0.6 is 11.6 Å². The van der Waals surface area contributed by atoms with Crippen molar-refractivity contribution in [3.8, 4) is 11.5 Å². The molecule has 3 rings (SSSR count). The minimum atomic E-state index is -0.0339. The molecule has 0 atom stereocenters. The highest BCUT2D eigenvalue weighted by molar-refractivity contribution is 6.30. The summed E-state index contributed by atoms with van der Waals surface area (Å²) >= 11 is 5.85. The van der Waals surface area contributed by atoms with Gasteiger partial charge in [0.25, 0.3) is 0 Å². The SMILES string of the molecule is O=C(CCCc1ccc(Cl)cc1)NCc1nnc(-c2ccccc2)o1. The summed E-state index contributed by atoms with van der Waals surface area (Å²) < 4.78 is 5.56. The van der Waals surface area contributed by atoms with E-state index in [0.717, 1.165) is 23.4 Å². The molecule has 0 radical (unpaired) electrons. The number of amides is 1. The van der Waals surface area contributed by atoms with Crippen LogP contribution in [0.4, 0.5) is 0 Å². The first-order valence-electron chi connectivity index (χ1n) is 8.09. The highest BCUT2D eigenvalue weighted by Gasteiger charge is 2.09. The fourth-order valence-corrected chi connectivity index (χ4v) is 2.52. The van der Waals surface area contributed by atoms with Crippen molar-refractivity contribution in [1.29, 1.82) is 0 Å². The number of nitrogens with zero attached hydrogens (tertiary/aromatic N) is 2. The molecular weight excluding hydrogens is 338 g/mol. The van der Waals surface area contributed by atoms with Crippen molar-refractivity contribution >= 4 is 17.5 Å². The van der Waals surface area contributed by atoms with Gasteiger partial charge in [-0.05, 0) is 42.7 Å². The first kappa shape index (κ1) is 17.2. The number of hydrogen-bond acceptors (Lipinski definition) is 4. The Morgan fingerprint density at radius 1 is 1.04 bits per heavy atom. The van der Waals surface area contributed by atoms with Gasteiger partial charge in [-0.15, -0.1) is 10.2 Å². The van der Waals surface area contributed by atoms with Crippen molar-refractivity contribution in [2.24, 2.45) is 0 Å². The Labute approximate surface area is 151 Å². The topological polar surface area (TPSA) is 68.0 Å². The number of halogens is 1. The van der Waals surface area contributed by atoms with Crippen LogP contribution in [0.2, 0.25) is 5.02 Å². The zero-order valence-corrected chi connectivity index (χ0v) is 14.4. The van der Waals surface area contributed by atoms with Gasteiger partial charge in [0, 0.05) is 17.0 Å². The van der Waals surface area contributed by atoms with E-state index >= 15 is 0 Å².